The van der Waals surface area contributed by atoms with E-state index in [2.05, 4.69) is 36.2 Å². The molecular weight excluding hydrogens is 242 g/mol. The second-order valence-electron chi connectivity index (χ2n) is 4.63. The Hall–Kier alpha value is -1.48. The topological polar surface area (TPSA) is 30.0 Å². The number of aldehydes is 1. The lowest BCUT2D eigenvalue weighted by atomic mass is 10.0. The minimum atomic E-state index is -0.120. The molecule has 1 atom stereocenters. The summed E-state index contributed by atoms with van der Waals surface area (Å²) in [5, 5.41) is 0.931. The van der Waals surface area contributed by atoms with E-state index in [9.17, 15) is 4.79 Å². The summed E-state index contributed by atoms with van der Waals surface area (Å²) in [7, 11) is 0. The predicted molar refractivity (Wildman–Crippen MR) is 75.3 cm³/mol. The third kappa shape index (κ3) is 2.85. The molecule has 2 nitrogen and oxygen atoms in total. The van der Waals surface area contributed by atoms with Crippen molar-refractivity contribution in [1.82, 2.24) is 4.98 Å². The Balaban J connectivity index is 2.19. The standard InChI is InChI=1S/C15H17NOS/c1-10-4-6-13(7-5-10)8-14(9-17)15-16-11(2)12(3)18-15/h4-7,9,14H,8H2,1-3H3. The van der Waals surface area contributed by atoms with Gasteiger partial charge in [0.05, 0.1) is 11.6 Å². The molecule has 0 aliphatic heterocycles. The van der Waals surface area contributed by atoms with E-state index in [1.165, 1.54) is 16.0 Å². The predicted octanol–water partition coefficient (Wildman–Crippen LogP) is 3.59. The first-order chi connectivity index (χ1) is 8.60. The molecule has 1 aromatic carbocycles. The second-order valence-corrected chi connectivity index (χ2v) is 5.86. The van der Waals surface area contributed by atoms with Crippen LogP contribution in [0.15, 0.2) is 24.3 Å². The van der Waals surface area contributed by atoms with Gasteiger partial charge in [-0.15, -0.1) is 11.3 Å². The lowest BCUT2D eigenvalue weighted by Crippen LogP contribution is -2.04. The maximum atomic E-state index is 11.3. The molecule has 94 valence electrons. The van der Waals surface area contributed by atoms with E-state index in [4.69, 9.17) is 0 Å². The van der Waals surface area contributed by atoms with Crippen molar-refractivity contribution in [2.75, 3.05) is 0 Å². The van der Waals surface area contributed by atoms with Crippen LogP contribution in [0.4, 0.5) is 0 Å². The van der Waals surface area contributed by atoms with Gasteiger partial charge in [-0.05, 0) is 32.8 Å². The average molecular weight is 259 g/mol. The van der Waals surface area contributed by atoms with Gasteiger partial charge in [0.2, 0.25) is 0 Å². The fraction of sp³-hybridized carbons (Fsp3) is 0.333. The SMILES string of the molecule is Cc1ccc(CC(C=O)c2nc(C)c(C)s2)cc1. The van der Waals surface area contributed by atoms with Crippen molar-refractivity contribution < 1.29 is 4.79 Å². The minimum Gasteiger partial charge on any atom is -0.303 e. The Labute approximate surface area is 112 Å². The minimum absolute atomic E-state index is 0.120. The van der Waals surface area contributed by atoms with E-state index in [0.29, 0.717) is 0 Å². The Morgan fingerprint density at radius 3 is 2.39 bits per heavy atom. The number of nitrogens with zero attached hydrogens (tertiary/aromatic N) is 1. The van der Waals surface area contributed by atoms with Gasteiger partial charge < -0.3 is 4.79 Å². The van der Waals surface area contributed by atoms with Crippen molar-refractivity contribution in [1.29, 1.82) is 0 Å². The zero-order chi connectivity index (χ0) is 13.1. The normalized spacial score (nSPS) is 12.4. The van der Waals surface area contributed by atoms with Gasteiger partial charge in [0.1, 0.15) is 11.3 Å². The van der Waals surface area contributed by atoms with Crippen LogP contribution in [0.25, 0.3) is 0 Å². The number of hydrogen-bond acceptors (Lipinski definition) is 3. The largest absolute Gasteiger partial charge is 0.303 e. The third-order valence-electron chi connectivity index (χ3n) is 3.10. The number of aromatic nitrogens is 1. The van der Waals surface area contributed by atoms with Crippen molar-refractivity contribution in [2.24, 2.45) is 0 Å². The van der Waals surface area contributed by atoms with Crippen molar-refractivity contribution in [2.45, 2.75) is 33.1 Å². The van der Waals surface area contributed by atoms with Gasteiger partial charge >= 0.3 is 0 Å². The van der Waals surface area contributed by atoms with Crippen LogP contribution in [-0.2, 0) is 11.2 Å². The summed E-state index contributed by atoms with van der Waals surface area (Å²) < 4.78 is 0. The number of benzene rings is 1. The highest BCUT2D eigenvalue weighted by Gasteiger charge is 2.16. The zero-order valence-corrected chi connectivity index (χ0v) is 11.8. The van der Waals surface area contributed by atoms with Gasteiger partial charge in [0.15, 0.2) is 0 Å². The first-order valence-corrected chi connectivity index (χ1v) is 6.86. The van der Waals surface area contributed by atoms with Crippen molar-refractivity contribution in [3.63, 3.8) is 0 Å². The molecule has 0 bridgehead atoms. The Morgan fingerprint density at radius 2 is 1.89 bits per heavy atom. The molecule has 1 unspecified atom stereocenters. The number of aryl methyl sites for hydroxylation is 3. The van der Waals surface area contributed by atoms with Gasteiger partial charge in [-0.3, -0.25) is 0 Å². The van der Waals surface area contributed by atoms with Gasteiger partial charge in [-0.1, -0.05) is 29.8 Å². The quantitative estimate of drug-likeness (QED) is 0.785. The Bertz CT molecular complexity index is 523. The van der Waals surface area contributed by atoms with Crippen LogP contribution in [0.5, 0.6) is 0 Å². The van der Waals surface area contributed by atoms with Crippen LogP contribution >= 0.6 is 11.3 Å². The Kier molecular flexibility index (Phi) is 3.92. The number of carbonyl (C=O) groups is 1. The molecule has 18 heavy (non-hydrogen) atoms. The molecule has 3 heteroatoms. The molecule has 2 rings (SSSR count). The fourth-order valence-electron chi connectivity index (χ4n) is 1.83. The molecule has 0 amide bonds. The third-order valence-corrected chi connectivity index (χ3v) is 4.31. The second kappa shape index (κ2) is 5.44. The molecule has 0 radical (unpaired) electrons. The van der Waals surface area contributed by atoms with Crippen molar-refractivity contribution in [3.05, 3.63) is 51.0 Å². The first kappa shape index (κ1) is 13.0. The van der Waals surface area contributed by atoms with Gasteiger partial charge in [-0.2, -0.15) is 0 Å². The summed E-state index contributed by atoms with van der Waals surface area (Å²) in [6, 6.07) is 8.32. The Morgan fingerprint density at radius 1 is 1.22 bits per heavy atom. The number of rotatable bonds is 4. The molecular formula is C15H17NOS. The maximum Gasteiger partial charge on any atom is 0.130 e. The number of hydrogen-bond donors (Lipinski definition) is 0. The van der Waals surface area contributed by atoms with E-state index < -0.39 is 0 Å². The molecule has 0 aliphatic rings. The molecule has 0 fully saturated rings. The molecule has 0 saturated heterocycles. The lowest BCUT2D eigenvalue weighted by Gasteiger charge is -2.07. The molecule has 1 aromatic heterocycles. The average Bonchev–Trinajstić information content (AvgIpc) is 2.69. The van der Waals surface area contributed by atoms with Crippen LogP contribution in [0.3, 0.4) is 0 Å². The summed E-state index contributed by atoms with van der Waals surface area (Å²) >= 11 is 1.63. The summed E-state index contributed by atoms with van der Waals surface area (Å²) in [5.41, 5.74) is 3.45. The van der Waals surface area contributed by atoms with Crippen molar-refractivity contribution in [3.8, 4) is 0 Å². The van der Waals surface area contributed by atoms with E-state index in [-0.39, 0.29) is 5.92 Å². The molecule has 0 saturated carbocycles. The van der Waals surface area contributed by atoms with E-state index in [1.807, 2.05) is 13.8 Å². The van der Waals surface area contributed by atoms with Crippen LogP contribution in [0.1, 0.15) is 32.6 Å². The highest BCUT2D eigenvalue weighted by molar-refractivity contribution is 7.11. The summed E-state index contributed by atoms with van der Waals surface area (Å²) in [6.45, 7) is 6.10. The van der Waals surface area contributed by atoms with E-state index >= 15 is 0 Å². The van der Waals surface area contributed by atoms with E-state index in [1.54, 1.807) is 11.3 Å². The van der Waals surface area contributed by atoms with Gasteiger partial charge in [0, 0.05) is 4.88 Å². The number of carbonyl (C=O) groups excluding carboxylic acids is 1. The zero-order valence-electron chi connectivity index (χ0n) is 10.9. The first-order valence-electron chi connectivity index (χ1n) is 6.05. The summed E-state index contributed by atoms with van der Waals surface area (Å²) in [6.07, 6.45) is 1.74. The smallest absolute Gasteiger partial charge is 0.130 e. The lowest BCUT2D eigenvalue weighted by molar-refractivity contribution is -0.109. The van der Waals surface area contributed by atoms with Gasteiger partial charge in [0.25, 0.3) is 0 Å². The number of thiazole rings is 1. The molecule has 1 heterocycles. The monoisotopic (exact) mass is 259 g/mol. The van der Waals surface area contributed by atoms with Crippen LogP contribution < -0.4 is 0 Å². The van der Waals surface area contributed by atoms with Crippen molar-refractivity contribution >= 4 is 17.6 Å². The van der Waals surface area contributed by atoms with Gasteiger partial charge in [-0.25, -0.2) is 4.98 Å². The molecule has 2 aromatic rings. The molecule has 0 aliphatic carbocycles. The summed E-state index contributed by atoms with van der Waals surface area (Å²) in [5.74, 6) is -0.120. The van der Waals surface area contributed by atoms with Crippen LogP contribution in [0.2, 0.25) is 0 Å². The fourth-order valence-corrected chi connectivity index (χ4v) is 2.81. The highest BCUT2D eigenvalue weighted by atomic mass is 32.1. The molecule has 0 N–H and O–H groups in total. The summed E-state index contributed by atoms with van der Waals surface area (Å²) in [4.78, 5) is 16.9. The maximum absolute atomic E-state index is 11.3. The van der Waals surface area contributed by atoms with E-state index in [0.717, 1.165) is 23.4 Å². The highest BCUT2D eigenvalue weighted by Crippen LogP contribution is 2.26. The molecule has 0 spiro atoms. The van der Waals surface area contributed by atoms with Crippen LogP contribution in [0, 0.1) is 20.8 Å². The van der Waals surface area contributed by atoms with Crippen LogP contribution in [-0.4, -0.2) is 11.3 Å².